The minimum absolute atomic E-state index is 0.00570. The first-order valence-electron chi connectivity index (χ1n) is 7.32. The van der Waals surface area contributed by atoms with Crippen LogP contribution in [0.25, 0.3) is 10.9 Å². The van der Waals surface area contributed by atoms with Crippen LogP contribution in [0.2, 0.25) is 0 Å². The number of nitrogens with zero attached hydrogens (tertiary/aromatic N) is 1. The average Bonchev–Trinajstić information content (AvgIpc) is 3.04. The van der Waals surface area contributed by atoms with Crippen molar-refractivity contribution >= 4 is 38.2 Å². The minimum atomic E-state index is -4.42. The number of carbonyl (C=O) groups is 1. The Balaban J connectivity index is 1.86. The highest BCUT2D eigenvalue weighted by Gasteiger charge is 2.30. The first kappa shape index (κ1) is 15.6. The number of H-pyrrole nitrogens is 1. The molecule has 2 heterocycles. The Morgan fingerprint density at radius 1 is 1.12 bits per heavy atom. The molecule has 0 unspecified atom stereocenters. The number of aryl methyl sites for hydroxylation is 1. The van der Waals surface area contributed by atoms with Crippen LogP contribution in [0, 0.1) is 6.92 Å². The van der Waals surface area contributed by atoms with Gasteiger partial charge in [0.25, 0.3) is 10.1 Å². The van der Waals surface area contributed by atoms with E-state index in [0.717, 1.165) is 11.6 Å². The third-order valence-corrected chi connectivity index (χ3v) is 4.97. The quantitative estimate of drug-likeness (QED) is 0.610. The number of fused-ring (bicyclic) bond motifs is 2. The van der Waals surface area contributed by atoms with Gasteiger partial charge in [0.1, 0.15) is 11.4 Å². The van der Waals surface area contributed by atoms with Gasteiger partial charge in [0, 0.05) is 10.9 Å². The van der Waals surface area contributed by atoms with Crippen molar-refractivity contribution in [2.45, 2.75) is 11.8 Å². The second-order valence-electron chi connectivity index (χ2n) is 5.84. The van der Waals surface area contributed by atoms with Gasteiger partial charge in [0.2, 0.25) is 5.78 Å². The van der Waals surface area contributed by atoms with Crippen molar-refractivity contribution in [3.05, 3.63) is 53.2 Å². The maximum absolute atomic E-state index is 12.6. The van der Waals surface area contributed by atoms with Crippen molar-refractivity contribution in [1.82, 2.24) is 4.98 Å². The molecule has 2 aromatic carbocycles. The highest BCUT2D eigenvalue weighted by atomic mass is 32.2. The molecule has 1 aromatic heterocycles. The lowest BCUT2D eigenvalue weighted by atomic mass is 10.1. The number of nitrogens with one attached hydrogen (secondary N) is 1. The summed E-state index contributed by atoms with van der Waals surface area (Å²) < 4.78 is 31.6. The van der Waals surface area contributed by atoms with Crippen LogP contribution in [0.15, 0.2) is 46.3 Å². The number of carbonyl (C=O) groups excluding carboxylic acids is 1. The number of aromatic amines is 1. The molecule has 25 heavy (non-hydrogen) atoms. The van der Waals surface area contributed by atoms with Crippen molar-refractivity contribution < 1.29 is 22.9 Å². The molecule has 7 nitrogen and oxygen atoms in total. The Morgan fingerprint density at radius 3 is 2.60 bits per heavy atom. The lowest BCUT2D eigenvalue weighted by Gasteiger charge is -2.00. The zero-order chi connectivity index (χ0) is 17.9. The molecule has 0 spiro atoms. The molecule has 0 atom stereocenters. The summed E-state index contributed by atoms with van der Waals surface area (Å²) in [6.45, 7) is 1.89. The van der Waals surface area contributed by atoms with E-state index in [9.17, 15) is 18.3 Å². The fourth-order valence-corrected chi connectivity index (χ4v) is 3.39. The van der Waals surface area contributed by atoms with E-state index in [2.05, 4.69) is 9.98 Å². The molecule has 0 aliphatic carbocycles. The average molecular weight is 356 g/mol. The van der Waals surface area contributed by atoms with Crippen LogP contribution in [-0.2, 0) is 10.1 Å². The molecule has 4 rings (SSSR count). The molecule has 8 heteroatoms. The maximum atomic E-state index is 12.6. The topological polar surface area (TPSA) is 120 Å². The van der Waals surface area contributed by atoms with E-state index < -0.39 is 15.9 Å². The zero-order valence-corrected chi connectivity index (χ0v) is 13.8. The van der Waals surface area contributed by atoms with Crippen molar-refractivity contribution in [3.8, 4) is 5.75 Å². The number of aromatic hydroxyl groups is 1. The molecule has 1 aliphatic heterocycles. The third kappa shape index (κ3) is 2.34. The summed E-state index contributed by atoms with van der Waals surface area (Å²) in [5.41, 5.74) is 2.11. The number of Topliss-reactive ketones (excluding diaryl/α,β-unsaturated/α-hetero) is 1. The van der Waals surface area contributed by atoms with E-state index in [4.69, 9.17) is 4.55 Å². The first-order chi connectivity index (χ1) is 11.8. The van der Waals surface area contributed by atoms with Crippen molar-refractivity contribution in [2.24, 2.45) is 4.99 Å². The SMILES string of the molecule is Cc1ccc2[nH]c(C3=Nc4ccc(S(=O)(=O)O)cc4C3=O)c(O)c2c1. The molecule has 3 N–H and O–H groups in total. The number of aliphatic imine (C=N–C) groups is 1. The molecule has 0 bridgehead atoms. The van der Waals surface area contributed by atoms with Crippen molar-refractivity contribution in [3.63, 3.8) is 0 Å². The van der Waals surface area contributed by atoms with Crippen LogP contribution in [0.3, 0.4) is 0 Å². The van der Waals surface area contributed by atoms with Crippen molar-refractivity contribution in [1.29, 1.82) is 0 Å². The van der Waals surface area contributed by atoms with E-state index >= 15 is 0 Å². The molecule has 1 aliphatic rings. The van der Waals surface area contributed by atoms with E-state index in [-0.39, 0.29) is 33.3 Å². The molecule has 3 aromatic rings. The zero-order valence-electron chi connectivity index (χ0n) is 12.9. The second kappa shape index (κ2) is 5.01. The summed E-state index contributed by atoms with van der Waals surface area (Å²) in [4.78, 5) is 19.4. The van der Waals surface area contributed by atoms with Gasteiger partial charge in [0.05, 0.1) is 16.1 Å². The molecular formula is C17H12N2O5S. The lowest BCUT2D eigenvalue weighted by Crippen LogP contribution is -2.12. The number of benzene rings is 2. The molecule has 126 valence electrons. The number of hydrogen-bond donors (Lipinski definition) is 3. The van der Waals surface area contributed by atoms with E-state index in [0.29, 0.717) is 10.9 Å². The molecule has 0 fully saturated rings. The fraction of sp³-hybridized carbons (Fsp3) is 0.0588. The van der Waals surface area contributed by atoms with E-state index in [1.165, 1.54) is 12.1 Å². The molecule has 0 amide bonds. The number of hydrogen-bond acceptors (Lipinski definition) is 5. The first-order valence-corrected chi connectivity index (χ1v) is 8.76. The van der Waals surface area contributed by atoms with Crippen LogP contribution in [0.5, 0.6) is 5.75 Å². The lowest BCUT2D eigenvalue weighted by molar-refractivity contribution is 0.106. The monoisotopic (exact) mass is 356 g/mol. The number of rotatable bonds is 2. The van der Waals surface area contributed by atoms with Crippen LogP contribution in [0.1, 0.15) is 21.6 Å². The predicted octanol–water partition coefficient (Wildman–Crippen LogP) is 2.75. The van der Waals surface area contributed by atoms with Crippen LogP contribution >= 0.6 is 0 Å². The van der Waals surface area contributed by atoms with Crippen LogP contribution in [-0.4, -0.2) is 34.6 Å². The maximum Gasteiger partial charge on any atom is 0.294 e. The standard InChI is InChI=1S/C17H12N2O5S/c1-8-2-4-12-10(6-8)16(20)14(18-12)15-17(21)11-7-9(25(22,23)24)3-5-13(11)19-15/h2-7,18,20H,1H3,(H,22,23,24). The van der Waals surface area contributed by atoms with E-state index in [1.807, 2.05) is 13.0 Å². The third-order valence-electron chi connectivity index (χ3n) is 4.12. The Morgan fingerprint density at radius 2 is 1.88 bits per heavy atom. The van der Waals surface area contributed by atoms with Gasteiger partial charge in [0.15, 0.2) is 5.75 Å². The predicted molar refractivity (Wildman–Crippen MR) is 91.5 cm³/mol. The minimum Gasteiger partial charge on any atom is -0.505 e. The Hall–Kier alpha value is -2.97. The summed E-state index contributed by atoms with van der Waals surface area (Å²) in [5, 5.41) is 11.0. The van der Waals surface area contributed by atoms with Gasteiger partial charge in [-0.3, -0.25) is 9.35 Å². The van der Waals surface area contributed by atoms with Gasteiger partial charge in [-0.25, -0.2) is 4.99 Å². The number of aromatic nitrogens is 1. The molecule has 0 saturated carbocycles. The summed E-state index contributed by atoms with van der Waals surface area (Å²) >= 11 is 0. The molecular weight excluding hydrogens is 344 g/mol. The number of ketones is 1. The molecule has 0 radical (unpaired) electrons. The van der Waals surface area contributed by atoms with Gasteiger partial charge in [-0.2, -0.15) is 8.42 Å². The van der Waals surface area contributed by atoms with Gasteiger partial charge in [-0.05, 0) is 37.3 Å². The largest absolute Gasteiger partial charge is 0.505 e. The van der Waals surface area contributed by atoms with Gasteiger partial charge >= 0.3 is 0 Å². The fourth-order valence-electron chi connectivity index (χ4n) is 2.89. The summed E-state index contributed by atoms with van der Waals surface area (Å²) in [6.07, 6.45) is 0. The van der Waals surface area contributed by atoms with Crippen LogP contribution < -0.4 is 0 Å². The second-order valence-corrected chi connectivity index (χ2v) is 7.26. The molecule has 0 saturated heterocycles. The smallest absolute Gasteiger partial charge is 0.294 e. The van der Waals surface area contributed by atoms with Crippen molar-refractivity contribution in [2.75, 3.05) is 0 Å². The summed E-state index contributed by atoms with van der Waals surface area (Å²) in [7, 11) is -4.42. The van der Waals surface area contributed by atoms with Gasteiger partial charge in [-0.15, -0.1) is 0 Å². The Labute approximate surface area is 142 Å². The Kier molecular flexibility index (Phi) is 3.12. The van der Waals surface area contributed by atoms with Gasteiger partial charge in [-0.1, -0.05) is 11.6 Å². The summed E-state index contributed by atoms with van der Waals surface area (Å²) in [6, 6.07) is 9.03. The summed E-state index contributed by atoms with van der Waals surface area (Å²) in [5.74, 6) is -0.618. The highest BCUT2D eigenvalue weighted by molar-refractivity contribution is 7.85. The Bertz CT molecular complexity index is 1210. The van der Waals surface area contributed by atoms with Crippen LogP contribution in [0.4, 0.5) is 5.69 Å². The normalized spacial score (nSPS) is 14.0. The van der Waals surface area contributed by atoms with E-state index in [1.54, 1.807) is 12.1 Å². The highest BCUT2D eigenvalue weighted by Crippen LogP contribution is 2.36. The van der Waals surface area contributed by atoms with Gasteiger partial charge < -0.3 is 10.1 Å².